The van der Waals surface area contributed by atoms with Gasteiger partial charge in [0.1, 0.15) is 17.1 Å². The molecule has 0 saturated carbocycles. The number of thiophene rings is 1. The Balaban J connectivity index is 1.41. The highest BCUT2D eigenvalue weighted by atomic mass is 32.1. The molecule has 2 aromatic carbocycles. The van der Waals surface area contributed by atoms with Crippen molar-refractivity contribution in [3.05, 3.63) is 86.4 Å². The van der Waals surface area contributed by atoms with Gasteiger partial charge in [-0.3, -0.25) is 14.6 Å². The van der Waals surface area contributed by atoms with Crippen LogP contribution >= 0.6 is 11.3 Å². The molecule has 0 unspecified atom stereocenters. The van der Waals surface area contributed by atoms with Crippen LogP contribution in [0, 0.1) is 6.92 Å². The van der Waals surface area contributed by atoms with E-state index in [1.54, 1.807) is 23.5 Å². The van der Waals surface area contributed by atoms with Crippen LogP contribution in [-0.4, -0.2) is 41.1 Å². The van der Waals surface area contributed by atoms with E-state index >= 15 is 0 Å². The number of rotatable bonds is 5. The fourth-order valence-electron chi connectivity index (χ4n) is 4.46. The maximum Gasteiger partial charge on any atom is 0.200 e. The predicted octanol–water partition coefficient (Wildman–Crippen LogP) is 4.85. The molecule has 6 heteroatoms. The molecule has 0 aliphatic carbocycles. The summed E-state index contributed by atoms with van der Waals surface area (Å²) in [5, 5.41) is 13.3. The lowest BCUT2D eigenvalue weighted by Crippen LogP contribution is -2.45. The summed E-state index contributed by atoms with van der Waals surface area (Å²) in [5.41, 5.74) is 2.55. The first-order valence-corrected chi connectivity index (χ1v) is 11.8. The van der Waals surface area contributed by atoms with E-state index in [2.05, 4.69) is 27.3 Å². The van der Waals surface area contributed by atoms with Crippen molar-refractivity contribution in [3.63, 3.8) is 0 Å². The van der Waals surface area contributed by atoms with E-state index in [-0.39, 0.29) is 11.2 Å². The Morgan fingerprint density at radius 1 is 0.938 bits per heavy atom. The van der Waals surface area contributed by atoms with E-state index in [0.29, 0.717) is 34.4 Å². The zero-order valence-corrected chi connectivity index (χ0v) is 18.9. The maximum absolute atomic E-state index is 13.3. The van der Waals surface area contributed by atoms with Gasteiger partial charge in [0.05, 0.1) is 16.5 Å². The van der Waals surface area contributed by atoms with Crippen LogP contribution in [0.5, 0.6) is 5.75 Å². The van der Waals surface area contributed by atoms with Crippen LogP contribution in [0.3, 0.4) is 0 Å². The minimum atomic E-state index is -0.0584. The summed E-state index contributed by atoms with van der Waals surface area (Å²) in [5.74, 6) is 0.745. The molecule has 5 rings (SSSR count). The summed E-state index contributed by atoms with van der Waals surface area (Å²) in [6.45, 7) is 7.14. The highest BCUT2D eigenvalue weighted by molar-refractivity contribution is 7.09. The fraction of sp³-hybridized carbons (Fsp3) is 0.269. The second-order valence-electron chi connectivity index (χ2n) is 8.30. The Hall–Kier alpha value is -2.93. The zero-order chi connectivity index (χ0) is 22.1. The monoisotopic (exact) mass is 446 g/mol. The van der Waals surface area contributed by atoms with Crippen molar-refractivity contribution >= 4 is 22.3 Å². The molecule has 0 bridgehead atoms. The van der Waals surface area contributed by atoms with E-state index < -0.39 is 0 Å². The molecule has 164 valence electrons. The van der Waals surface area contributed by atoms with Crippen LogP contribution in [0.15, 0.2) is 69.2 Å². The lowest BCUT2D eigenvalue weighted by Gasteiger charge is -2.34. The molecular formula is C26H26N2O3S. The Kier molecular flexibility index (Phi) is 5.83. The fourth-order valence-corrected chi connectivity index (χ4v) is 5.20. The number of phenols is 1. The van der Waals surface area contributed by atoms with E-state index in [9.17, 15) is 9.90 Å². The molecule has 1 saturated heterocycles. The van der Waals surface area contributed by atoms with Gasteiger partial charge in [-0.05, 0) is 36.1 Å². The number of hydrogen-bond donors (Lipinski definition) is 1. The van der Waals surface area contributed by atoms with Gasteiger partial charge in [0.2, 0.25) is 5.43 Å². The molecule has 0 atom stereocenters. The molecule has 1 aliphatic rings. The molecule has 1 fully saturated rings. The molecular weight excluding hydrogens is 420 g/mol. The number of fused-ring (bicyclic) bond motifs is 1. The molecule has 0 spiro atoms. The van der Waals surface area contributed by atoms with Crippen molar-refractivity contribution in [2.75, 3.05) is 26.2 Å². The van der Waals surface area contributed by atoms with E-state index in [1.807, 2.05) is 37.3 Å². The van der Waals surface area contributed by atoms with Gasteiger partial charge < -0.3 is 9.52 Å². The van der Waals surface area contributed by atoms with Crippen LogP contribution in [0.2, 0.25) is 0 Å². The third kappa shape index (κ3) is 4.09. The number of nitrogens with zero attached hydrogens (tertiary/aromatic N) is 2. The van der Waals surface area contributed by atoms with E-state index in [1.165, 1.54) is 4.88 Å². The summed E-state index contributed by atoms with van der Waals surface area (Å²) in [7, 11) is 0. The Bertz CT molecular complexity index is 1270. The summed E-state index contributed by atoms with van der Waals surface area (Å²) >= 11 is 1.80. The first-order valence-electron chi connectivity index (χ1n) is 10.9. The van der Waals surface area contributed by atoms with Gasteiger partial charge in [0, 0.05) is 44.1 Å². The third-order valence-electron chi connectivity index (χ3n) is 6.18. The van der Waals surface area contributed by atoms with Crippen molar-refractivity contribution < 1.29 is 9.52 Å². The Morgan fingerprint density at radius 2 is 1.66 bits per heavy atom. The molecule has 0 radical (unpaired) electrons. The van der Waals surface area contributed by atoms with Crippen molar-refractivity contribution in [3.8, 4) is 16.9 Å². The molecule has 32 heavy (non-hydrogen) atoms. The topological polar surface area (TPSA) is 56.9 Å². The number of hydrogen-bond acceptors (Lipinski definition) is 6. The average molecular weight is 447 g/mol. The van der Waals surface area contributed by atoms with Crippen LogP contribution in [0.4, 0.5) is 0 Å². The summed E-state index contributed by atoms with van der Waals surface area (Å²) in [6, 6.07) is 17.2. The number of phenolic OH excluding ortho intramolecular Hbond substituents is 1. The summed E-state index contributed by atoms with van der Waals surface area (Å²) in [4.78, 5) is 19.5. The Labute approximate surface area is 191 Å². The third-order valence-corrected chi connectivity index (χ3v) is 7.04. The minimum Gasteiger partial charge on any atom is -0.507 e. The molecule has 4 aromatic rings. The van der Waals surface area contributed by atoms with Gasteiger partial charge >= 0.3 is 0 Å². The number of aromatic hydroxyl groups is 1. The van der Waals surface area contributed by atoms with Crippen LogP contribution in [-0.2, 0) is 13.1 Å². The molecule has 0 amide bonds. The SMILES string of the molecule is Cc1oc2c(CN3CCN(Cc4cccs4)CC3)c(O)ccc2c(=O)c1-c1ccccc1. The van der Waals surface area contributed by atoms with Crippen LogP contribution in [0.25, 0.3) is 22.1 Å². The molecule has 1 aliphatic heterocycles. The largest absolute Gasteiger partial charge is 0.507 e. The molecule has 2 aromatic heterocycles. The highest BCUT2D eigenvalue weighted by Crippen LogP contribution is 2.31. The van der Waals surface area contributed by atoms with E-state index in [4.69, 9.17) is 4.42 Å². The standard InChI is InChI=1S/C26H26N2O3S/c1-18-24(19-6-3-2-4-7-19)25(30)21-9-10-23(29)22(26(21)31-18)17-28-13-11-27(12-14-28)16-20-8-5-15-32-20/h2-10,15,29H,11-14,16-17H2,1H3. The van der Waals surface area contributed by atoms with Crippen molar-refractivity contribution in [2.45, 2.75) is 20.0 Å². The second-order valence-corrected chi connectivity index (χ2v) is 9.33. The predicted molar refractivity (Wildman–Crippen MR) is 129 cm³/mol. The average Bonchev–Trinajstić information content (AvgIpc) is 3.31. The normalized spacial score (nSPS) is 15.4. The van der Waals surface area contributed by atoms with Gasteiger partial charge in [-0.25, -0.2) is 0 Å². The highest BCUT2D eigenvalue weighted by Gasteiger charge is 2.22. The van der Waals surface area contributed by atoms with Crippen molar-refractivity contribution in [1.29, 1.82) is 0 Å². The van der Waals surface area contributed by atoms with Gasteiger partial charge in [0.25, 0.3) is 0 Å². The van der Waals surface area contributed by atoms with Crippen LogP contribution in [0.1, 0.15) is 16.2 Å². The molecule has 1 N–H and O–H groups in total. The summed E-state index contributed by atoms with van der Waals surface area (Å²) in [6.07, 6.45) is 0. The van der Waals surface area contributed by atoms with Gasteiger partial charge in [0.15, 0.2) is 0 Å². The molecule has 5 nitrogen and oxygen atoms in total. The zero-order valence-electron chi connectivity index (χ0n) is 18.1. The smallest absolute Gasteiger partial charge is 0.200 e. The second kappa shape index (κ2) is 8.90. The summed E-state index contributed by atoms with van der Waals surface area (Å²) < 4.78 is 6.18. The number of aryl methyl sites for hydroxylation is 1. The minimum absolute atomic E-state index is 0.0584. The van der Waals surface area contributed by atoms with Gasteiger partial charge in [-0.15, -0.1) is 11.3 Å². The maximum atomic E-state index is 13.3. The molecule has 3 heterocycles. The van der Waals surface area contributed by atoms with Gasteiger partial charge in [-0.1, -0.05) is 36.4 Å². The van der Waals surface area contributed by atoms with Crippen molar-refractivity contribution in [1.82, 2.24) is 9.80 Å². The quantitative estimate of drug-likeness (QED) is 0.475. The van der Waals surface area contributed by atoms with Gasteiger partial charge in [-0.2, -0.15) is 0 Å². The first-order chi connectivity index (χ1) is 15.6. The lowest BCUT2D eigenvalue weighted by molar-refractivity contribution is 0.122. The lowest BCUT2D eigenvalue weighted by atomic mass is 10.0. The van der Waals surface area contributed by atoms with Crippen LogP contribution < -0.4 is 5.43 Å². The first kappa shape index (κ1) is 20.9. The van der Waals surface area contributed by atoms with Crippen molar-refractivity contribution in [2.24, 2.45) is 0 Å². The van der Waals surface area contributed by atoms with E-state index in [0.717, 1.165) is 38.3 Å². The number of piperazine rings is 1. The Morgan fingerprint density at radius 3 is 2.34 bits per heavy atom. The number of benzene rings is 2.